The van der Waals surface area contributed by atoms with Gasteiger partial charge in [0.1, 0.15) is 0 Å². The Bertz CT molecular complexity index is 868. The first kappa shape index (κ1) is 16.6. The fourth-order valence-electron chi connectivity index (χ4n) is 2.92. The summed E-state index contributed by atoms with van der Waals surface area (Å²) in [7, 11) is 0. The number of anilines is 1. The Morgan fingerprint density at radius 2 is 2.12 bits per heavy atom. The van der Waals surface area contributed by atoms with Gasteiger partial charge in [-0.05, 0) is 48.6 Å². The van der Waals surface area contributed by atoms with Crippen molar-refractivity contribution in [1.29, 1.82) is 0 Å². The highest BCUT2D eigenvalue weighted by molar-refractivity contribution is 8.14. The lowest BCUT2D eigenvalue weighted by molar-refractivity contribution is 0.715. The summed E-state index contributed by atoms with van der Waals surface area (Å²) in [6.45, 7) is 3.17. The van der Waals surface area contributed by atoms with Crippen LogP contribution in [0.15, 0.2) is 53.5 Å². The van der Waals surface area contributed by atoms with Crippen molar-refractivity contribution in [2.75, 3.05) is 17.6 Å². The van der Waals surface area contributed by atoms with Gasteiger partial charge in [-0.1, -0.05) is 42.5 Å². The summed E-state index contributed by atoms with van der Waals surface area (Å²) in [6.07, 6.45) is 2.09. The molecule has 5 heteroatoms. The van der Waals surface area contributed by atoms with Crippen molar-refractivity contribution in [3.8, 4) is 0 Å². The van der Waals surface area contributed by atoms with E-state index in [1.165, 1.54) is 21.1 Å². The number of hydrogen-bond acceptors (Lipinski definition) is 5. The van der Waals surface area contributed by atoms with Gasteiger partial charge in [0.15, 0.2) is 5.13 Å². The number of aliphatic imine (C=N–C) groups is 1. The van der Waals surface area contributed by atoms with Crippen LogP contribution in [0.25, 0.3) is 10.2 Å². The zero-order valence-electron chi connectivity index (χ0n) is 14.2. The van der Waals surface area contributed by atoms with E-state index < -0.39 is 0 Å². The minimum absolute atomic E-state index is 0.755. The highest BCUT2D eigenvalue weighted by Gasteiger charge is 2.16. The van der Waals surface area contributed by atoms with Gasteiger partial charge in [-0.25, -0.2) is 9.98 Å². The molecule has 2 aromatic carbocycles. The zero-order chi connectivity index (χ0) is 17.1. The quantitative estimate of drug-likeness (QED) is 0.623. The molecule has 1 atom stereocenters. The van der Waals surface area contributed by atoms with Gasteiger partial charge in [0, 0.05) is 12.3 Å². The lowest BCUT2D eigenvalue weighted by Crippen LogP contribution is -2.04. The minimum Gasteiger partial charge on any atom is -0.361 e. The van der Waals surface area contributed by atoms with Crippen LogP contribution in [-0.2, 0) is 6.42 Å². The largest absolute Gasteiger partial charge is 0.361 e. The first-order chi connectivity index (χ1) is 12.3. The number of fused-ring (bicyclic) bond motifs is 1. The third-order valence-electron chi connectivity index (χ3n) is 4.21. The summed E-state index contributed by atoms with van der Waals surface area (Å²) in [5.41, 5.74) is 3.46. The van der Waals surface area contributed by atoms with Crippen molar-refractivity contribution in [2.45, 2.75) is 19.8 Å². The second kappa shape index (κ2) is 7.58. The van der Waals surface area contributed by atoms with E-state index in [0.29, 0.717) is 0 Å². The molecule has 0 radical (unpaired) electrons. The number of para-hydroxylation sites is 1. The molecule has 3 aromatic rings. The molecule has 128 valence electrons. The number of hydrogen-bond donors (Lipinski definition) is 1. The van der Waals surface area contributed by atoms with Gasteiger partial charge < -0.3 is 5.32 Å². The molecule has 1 aliphatic heterocycles. The van der Waals surface area contributed by atoms with Gasteiger partial charge in [-0.2, -0.15) is 0 Å². The first-order valence-corrected chi connectivity index (χ1v) is 10.5. The summed E-state index contributed by atoms with van der Waals surface area (Å²) < 4.78 is 1.23. The van der Waals surface area contributed by atoms with Crippen molar-refractivity contribution in [2.24, 2.45) is 10.9 Å². The van der Waals surface area contributed by atoms with Crippen molar-refractivity contribution < 1.29 is 0 Å². The first-order valence-electron chi connectivity index (χ1n) is 8.65. The molecule has 0 unspecified atom stereocenters. The molecule has 0 spiro atoms. The predicted octanol–water partition coefficient (Wildman–Crippen LogP) is 5.75. The van der Waals surface area contributed by atoms with Crippen LogP contribution in [0, 0.1) is 5.92 Å². The standard InChI is InChI=1S/C20H21N3S2/c1-14-11-19(24-13-14)22-16-6-4-5-15(12-16)9-10-21-20-23-17-7-2-3-8-18(17)25-20/h2-8,12,14H,9-11,13H2,1H3,(H,21,23)/t14-/m0/s1. The van der Waals surface area contributed by atoms with Gasteiger partial charge in [0.25, 0.3) is 0 Å². The highest BCUT2D eigenvalue weighted by Crippen LogP contribution is 2.29. The molecule has 1 fully saturated rings. The molecule has 1 N–H and O–H groups in total. The SMILES string of the molecule is C[C@@H]1CSC(=Nc2cccc(CCNc3nc4ccccc4s3)c2)C1. The molecule has 2 heterocycles. The summed E-state index contributed by atoms with van der Waals surface area (Å²) in [6, 6.07) is 16.8. The average molecular weight is 368 g/mol. The number of rotatable bonds is 5. The molecule has 4 rings (SSSR count). The topological polar surface area (TPSA) is 37.3 Å². The average Bonchev–Trinajstić information content (AvgIpc) is 3.21. The number of thiazole rings is 1. The van der Waals surface area contributed by atoms with Crippen molar-refractivity contribution in [3.05, 3.63) is 54.1 Å². The van der Waals surface area contributed by atoms with Crippen LogP contribution < -0.4 is 5.32 Å². The number of nitrogens with one attached hydrogen (secondary N) is 1. The molecular weight excluding hydrogens is 346 g/mol. The summed E-state index contributed by atoms with van der Waals surface area (Å²) in [4.78, 5) is 9.43. The van der Waals surface area contributed by atoms with Crippen LogP contribution >= 0.6 is 23.1 Å². The highest BCUT2D eigenvalue weighted by atomic mass is 32.2. The molecular formula is C20H21N3S2. The van der Waals surface area contributed by atoms with Crippen LogP contribution in [-0.4, -0.2) is 22.3 Å². The lowest BCUT2D eigenvalue weighted by atomic mass is 10.1. The minimum atomic E-state index is 0.755. The fourth-order valence-corrected chi connectivity index (χ4v) is 4.98. The van der Waals surface area contributed by atoms with Gasteiger partial charge in [-0.15, -0.1) is 11.8 Å². The lowest BCUT2D eigenvalue weighted by Gasteiger charge is -2.04. The second-order valence-corrected chi connectivity index (χ2v) is 8.58. The van der Waals surface area contributed by atoms with E-state index >= 15 is 0 Å². The van der Waals surface area contributed by atoms with E-state index in [4.69, 9.17) is 4.99 Å². The predicted molar refractivity (Wildman–Crippen MR) is 112 cm³/mol. The Morgan fingerprint density at radius 3 is 2.96 bits per heavy atom. The maximum Gasteiger partial charge on any atom is 0.183 e. The third kappa shape index (κ3) is 4.22. The zero-order valence-corrected chi connectivity index (χ0v) is 15.9. The van der Waals surface area contributed by atoms with Crippen LogP contribution in [0.5, 0.6) is 0 Å². The molecule has 1 saturated heterocycles. The van der Waals surface area contributed by atoms with Crippen molar-refractivity contribution in [3.63, 3.8) is 0 Å². The molecule has 25 heavy (non-hydrogen) atoms. The second-order valence-electron chi connectivity index (χ2n) is 6.46. The molecule has 0 aliphatic carbocycles. The summed E-state index contributed by atoms with van der Waals surface area (Å²) >= 11 is 3.61. The number of thioether (sulfide) groups is 1. The maximum atomic E-state index is 4.81. The van der Waals surface area contributed by atoms with E-state index in [2.05, 4.69) is 59.7 Å². The number of nitrogens with zero attached hydrogens (tertiary/aromatic N) is 2. The van der Waals surface area contributed by atoms with Gasteiger partial charge in [0.05, 0.1) is 20.9 Å². The molecule has 0 saturated carbocycles. The van der Waals surface area contributed by atoms with E-state index in [1.54, 1.807) is 11.3 Å². The maximum absolute atomic E-state index is 4.81. The van der Waals surface area contributed by atoms with Crippen LogP contribution in [0.3, 0.4) is 0 Å². The van der Waals surface area contributed by atoms with Crippen LogP contribution in [0.2, 0.25) is 0 Å². The van der Waals surface area contributed by atoms with E-state index in [-0.39, 0.29) is 0 Å². The third-order valence-corrected chi connectivity index (χ3v) is 6.53. The van der Waals surface area contributed by atoms with Gasteiger partial charge in [-0.3, -0.25) is 0 Å². The van der Waals surface area contributed by atoms with Gasteiger partial charge >= 0.3 is 0 Å². The van der Waals surface area contributed by atoms with E-state index in [1.807, 2.05) is 17.8 Å². The Balaban J connectivity index is 1.37. The molecule has 0 amide bonds. The molecule has 0 bridgehead atoms. The smallest absolute Gasteiger partial charge is 0.183 e. The monoisotopic (exact) mass is 367 g/mol. The number of benzene rings is 2. The summed E-state index contributed by atoms with van der Waals surface area (Å²) in [5, 5.41) is 5.72. The Morgan fingerprint density at radius 1 is 1.20 bits per heavy atom. The van der Waals surface area contributed by atoms with Crippen molar-refractivity contribution >= 4 is 49.2 Å². The van der Waals surface area contributed by atoms with Crippen molar-refractivity contribution in [1.82, 2.24) is 4.98 Å². The molecule has 1 aromatic heterocycles. The Kier molecular flexibility index (Phi) is 5.04. The van der Waals surface area contributed by atoms with E-state index in [9.17, 15) is 0 Å². The van der Waals surface area contributed by atoms with E-state index in [0.717, 1.165) is 41.6 Å². The molecule has 3 nitrogen and oxygen atoms in total. The number of aromatic nitrogens is 1. The van der Waals surface area contributed by atoms with Crippen LogP contribution in [0.4, 0.5) is 10.8 Å². The Labute approximate surface area is 156 Å². The van der Waals surface area contributed by atoms with Crippen LogP contribution in [0.1, 0.15) is 18.9 Å². The van der Waals surface area contributed by atoms with Gasteiger partial charge in [0.2, 0.25) is 0 Å². The molecule has 1 aliphatic rings. The summed E-state index contributed by atoms with van der Waals surface area (Å²) in [5.74, 6) is 1.95. The Hall–Kier alpha value is -1.85. The fraction of sp³-hybridized carbons (Fsp3) is 0.300. The normalized spacial score (nSPS) is 18.9.